The van der Waals surface area contributed by atoms with Gasteiger partial charge in [-0.3, -0.25) is 4.79 Å². The molecule has 0 bridgehead atoms. The van der Waals surface area contributed by atoms with Gasteiger partial charge in [-0.15, -0.1) is 0 Å². The Bertz CT molecular complexity index is 410. The lowest BCUT2D eigenvalue weighted by atomic mass is 10.1. The van der Waals surface area contributed by atoms with E-state index in [4.69, 9.17) is 0 Å². The van der Waals surface area contributed by atoms with Crippen molar-refractivity contribution in [2.45, 2.75) is 53.8 Å². The summed E-state index contributed by atoms with van der Waals surface area (Å²) < 4.78 is 2.01. The average molecular weight is 279 g/mol. The molecule has 1 atom stereocenters. The molecule has 4 nitrogen and oxygen atoms in total. The maximum absolute atomic E-state index is 12.0. The molecule has 4 heteroatoms. The van der Waals surface area contributed by atoms with Crippen LogP contribution in [0.5, 0.6) is 0 Å². The first-order valence-corrected chi connectivity index (χ1v) is 7.54. The Morgan fingerprint density at radius 1 is 1.25 bits per heavy atom. The molecule has 1 unspecified atom stereocenters. The molecule has 0 saturated carbocycles. The van der Waals surface area contributed by atoms with Crippen LogP contribution in [-0.4, -0.2) is 23.1 Å². The number of rotatable bonds is 8. The molecule has 0 aliphatic carbocycles. The minimum atomic E-state index is 0.0764. The van der Waals surface area contributed by atoms with Crippen molar-refractivity contribution in [3.63, 3.8) is 0 Å². The molecule has 0 aliphatic rings. The Balaban J connectivity index is 2.47. The number of hydrogen-bond donors (Lipinski definition) is 2. The van der Waals surface area contributed by atoms with Crippen LogP contribution >= 0.6 is 0 Å². The molecule has 0 saturated heterocycles. The van der Waals surface area contributed by atoms with Crippen LogP contribution in [0.25, 0.3) is 0 Å². The Labute approximate surface area is 122 Å². The zero-order valence-electron chi connectivity index (χ0n) is 13.4. The van der Waals surface area contributed by atoms with Gasteiger partial charge in [0.25, 0.3) is 0 Å². The predicted octanol–water partition coefficient (Wildman–Crippen LogP) is 2.39. The lowest BCUT2D eigenvalue weighted by Gasteiger charge is -2.18. The summed E-state index contributed by atoms with van der Waals surface area (Å²) in [5.41, 5.74) is 1.15. The van der Waals surface area contributed by atoms with Crippen molar-refractivity contribution >= 4 is 5.91 Å². The van der Waals surface area contributed by atoms with Crippen molar-refractivity contribution in [3.8, 4) is 0 Å². The molecule has 0 spiro atoms. The zero-order valence-corrected chi connectivity index (χ0v) is 13.4. The molecule has 114 valence electrons. The van der Waals surface area contributed by atoms with Gasteiger partial charge in [-0.05, 0) is 37.4 Å². The van der Waals surface area contributed by atoms with E-state index in [1.54, 1.807) is 0 Å². The van der Waals surface area contributed by atoms with E-state index < -0.39 is 0 Å². The van der Waals surface area contributed by atoms with Crippen LogP contribution in [-0.2, 0) is 17.9 Å². The predicted molar refractivity (Wildman–Crippen MR) is 83.4 cm³/mol. The van der Waals surface area contributed by atoms with Gasteiger partial charge >= 0.3 is 0 Å². The highest BCUT2D eigenvalue weighted by Crippen LogP contribution is 2.04. The first kappa shape index (κ1) is 16.8. The molecule has 0 aromatic carbocycles. The molecule has 2 N–H and O–H groups in total. The SMILES string of the molecule is CC(C)CNCc1cccn1CC(=O)NC(C)C(C)C. The summed E-state index contributed by atoms with van der Waals surface area (Å²) in [7, 11) is 0. The Kier molecular flexibility index (Phi) is 6.79. The fourth-order valence-corrected chi connectivity index (χ4v) is 1.87. The van der Waals surface area contributed by atoms with E-state index >= 15 is 0 Å². The molecule has 20 heavy (non-hydrogen) atoms. The minimum absolute atomic E-state index is 0.0764. The highest BCUT2D eigenvalue weighted by Gasteiger charge is 2.12. The van der Waals surface area contributed by atoms with E-state index in [2.05, 4.69) is 44.4 Å². The molecule has 1 aromatic heterocycles. The van der Waals surface area contributed by atoms with Crippen LogP contribution in [0, 0.1) is 11.8 Å². The maximum Gasteiger partial charge on any atom is 0.240 e. The quantitative estimate of drug-likeness (QED) is 0.767. The molecule has 1 rings (SSSR count). The smallest absolute Gasteiger partial charge is 0.240 e. The first-order chi connectivity index (χ1) is 9.40. The monoisotopic (exact) mass is 279 g/mol. The third kappa shape index (κ3) is 5.78. The number of aromatic nitrogens is 1. The summed E-state index contributed by atoms with van der Waals surface area (Å²) in [4.78, 5) is 12.0. The van der Waals surface area contributed by atoms with Crippen molar-refractivity contribution in [1.82, 2.24) is 15.2 Å². The van der Waals surface area contributed by atoms with Crippen LogP contribution in [0.15, 0.2) is 18.3 Å². The van der Waals surface area contributed by atoms with E-state index in [9.17, 15) is 4.79 Å². The van der Waals surface area contributed by atoms with E-state index in [1.807, 2.05) is 23.8 Å². The molecule has 0 aliphatic heterocycles. The Hall–Kier alpha value is -1.29. The van der Waals surface area contributed by atoms with Crippen LogP contribution in [0.3, 0.4) is 0 Å². The zero-order chi connectivity index (χ0) is 15.1. The Morgan fingerprint density at radius 2 is 1.95 bits per heavy atom. The summed E-state index contributed by atoms with van der Waals surface area (Å²) in [5, 5.41) is 6.45. The molecular weight excluding hydrogens is 250 g/mol. The van der Waals surface area contributed by atoms with Crippen molar-refractivity contribution in [1.29, 1.82) is 0 Å². The number of nitrogens with one attached hydrogen (secondary N) is 2. The second-order valence-electron chi connectivity index (χ2n) is 6.25. The number of nitrogens with zero attached hydrogens (tertiary/aromatic N) is 1. The average Bonchev–Trinajstić information content (AvgIpc) is 2.75. The van der Waals surface area contributed by atoms with E-state index in [1.165, 1.54) is 0 Å². The van der Waals surface area contributed by atoms with Crippen LogP contribution < -0.4 is 10.6 Å². The summed E-state index contributed by atoms with van der Waals surface area (Å²) in [5.74, 6) is 1.16. The van der Waals surface area contributed by atoms with Crippen LogP contribution in [0.1, 0.15) is 40.3 Å². The maximum atomic E-state index is 12.0. The highest BCUT2D eigenvalue weighted by molar-refractivity contribution is 5.76. The summed E-state index contributed by atoms with van der Waals surface area (Å²) in [6, 6.07) is 4.26. The van der Waals surface area contributed by atoms with E-state index in [0.717, 1.165) is 18.8 Å². The topological polar surface area (TPSA) is 46.1 Å². The van der Waals surface area contributed by atoms with Crippen LogP contribution in [0.2, 0.25) is 0 Å². The molecular formula is C16H29N3O. The Morgan fingerprint density at radius 3 is 2.55 bits per heavy atom. The molecule has 1 aromatic rings. The van der Waals surface area contributed by atoms with Crippen molar-refractivity contribution in [2.75, 3.05) is 6.54 Å². The number of amides is 1. The molecule has 0 radical (unpaired) electrons. The normalized spacial score (nSPS) is 12.9. The number of carbonyl (C=O) groups excluding carboxylic acids is 1. The molecule has 0 fully saturated rings. The summed E-state index contributed by atoms with van der Waals surface area (Å²) in [6.45, 7) is 12.8. The largest absolute Gasteiger partial charge is 0.352 e. The van der Waals surface area contributed by atoms with Gasteiger partial charge in [0.2, 0.25) is 5.91 Å². The third-order valence-electron chi connectivity index (χ3n) is 3.48. The first-order valence-electron chi connectivity index (χ1n) is 7.54. The van der Waals surface area contributed by atoms with Gasteiger partial charge in [-0.1, -0.05) is 27.7 Å². The fourth-order valence-electron chi connectivity index (χ4n) is 1.87. The number of hydrogen-bond acceptors (Lipinski definition) is 2. The fraction of sp³-hybridized carbons (Fsp3) is 0.688. The van der Waals surface area contributed by atoms with Crippen LogP contribution in [0.4, 0.5) is 0 Å². The van der Waals surface area contributed by atoms with Gasteiger partial charge in [-0.25, -0.2) is 0 Å². The highest BCUT2D eigenvalue weighted by atomic mass is 16.2. The van der Waals surface area contributed by atoms with Gasteiger partial charge in [0, 0.05) is 24.5 Å². The minimum Gasteiger partial charge on any atom is -0.352 e. The van der Waals surface area contributed by atoms with Crippen molar-refractivity contribution in [2.24, 2.45) is 11.8 Å². The third-order valence-corrected chi connectivity index (χ3v) is 3.48. The van der Waals surface area contributed by atoms with Crippen molar-refractivity contribution in [3.05, 3.63) is 24.0 Å². The summed E-state index contributed by atoms with van der Waals surface area (Å²) >= 11 is 0. The van der Waals surface area contributed by atoms with Gasteiger partial charge in [0.05, 0.1) is 0 Å². The van der Waals surface area contributed by atoms with Crippen molar-refractivity contribution < 1.29 is 4.79 Å². The van der Waals surface area contributed by atoms with Gasteiger partial charge in [0.15, 0.2) is 0 Å². The molecule has 1 amide bonds. The lowest BCUT2D eigenvalue weighted by molar-refractivity contribution is -0.122. The number of carbonyl (C=O) groups is 1. The summed E-state index contributed by atoms with van der Waals surface area (Å²) in [6.07, 6.45) is 1.96. The lowest BCUT2D eigenvalue weighted by Crippen LogP contribution is -2.38. The second-order valence-corrected chi connectivity index (χ2v) is 6.25. The van der Waals surface area contributed by atoms with E-state index in [-0.39, 0.29) is 11.9 Å². The standard InChI is InChI=1S/C16H29N3O/c1-12(2)9-17-10-15-7-6-8-19(15)11-16(20)18-14(5)13(3)4/h6-8,12-14,17H,9-11H2,1-5H3,(H,18,20). The van der Waals surface area contributed by atoms with Gasteiger partial charge in [-0.2, -0.15) is 0 Å². The second kappa shape index (κ2) is 8.10. The van der Waals surface area contributed by atoms with Gasteiger partial charge < -0.3 is 15.2 Å². The molecule has 1 heterocycles. The van der Waals surface area contributed by atoms with Gasteiger partial charge in [0.1, 0.15) is 6.54 Å². The van der Waals surface area contributed by atoms with E-state index in [0.29, 0.717) is 18.4 Å².